The van der Waals surface area contributed by atoms with Crippen molar-refractivity contribution in [3.05, 3.63) is 60.1 Å². The Bertz CT molecular complexity index is 1090. The predicted molar refractivity (Wildman–Crippen MR) is 139 cm³/mol. The van der Waals surface area contributed by atoms with E-state index in [0.717, 1.165) is 18.5 Å². The molecular formula is C27H35N3O8. The van der Waals surface area contributed by atoms with Crippen LogP contribution < -0.4 is 20.1 Å². The van der Waals surface area contributed by atoms with Crippen LogP contribution in [0.4, 0.5) is 0 Å². The summed E-state index contributed by atoms with van der Waals surface area (Å²) in [5, 5.41) is 31.8. The molecule has 4 N–H and O–H groups in total. The third kappa shape index (κ3) is 9.99. The van der Waals surface area contributed by atoms with Crippen molar-refractivity contribution in [2.45, 2.75) is 32.1 Å². The number of benzene rings is 1. The Morgan fingerprint density at radius 1 is 1.05 bits per heavy atom. The fourth-order valence-corrected chi connectivity index (χ4v) is 3.65. The van der Waals surface area contributed by atoms with Crippen molar-refractivity contribution in [2.24, 2.45) is 5.92 Å². The predicted octanol–water partition coefficient (Wildman–Crippen LogP) is 3.23. The standard InChI is InChI=1S/C23H31N3O4.C4H4O4/c1-17(2)23(16-24,18-8-9-19(28-3)21(15-18)29-4)10-6-11-25-12-13-26-22(27)20-7-5-14-30-20;5-3(6)1-2-4(7)8/h5,7-9,14-15,17,25H,6,10-13H2,1-4H3,(H,26,27);1-2H,(H,5,6)(H,7,8)/b;2-1+. The number of ether oxygens (including phenoxy) is 2. The van der Waals surface area contributed by atoms with Crippen LogP contribution in [0.1, 0.15) is 42.8 Å². The Hall–Kier alpha value is -4.30. The van der Waals surface area contributed by atoms with Gasteiger partial charge in [0.25, 0.3) is 5.91 Å². The van der Waals surface area contributed by atoms with Gasteiger partial charge >= 0.3 is 11.9 Å². The topological polar surface area (TPSA) is 171 Å². The minimum atomic E-state index is -1.26. The summed E-state index contributed by atoms with van der Waals surface area (Å²) in [4.78, 5) is 30.9. The van der Waals surface area contributed by atoms with E-state index in [-0.39, 0.29) is 11.8 Å². The molecular weight excluding hydrogens is 494 g/mol. The van der Waals surface area contributed by atoms with Gasteiger partial charge in [0.1, 0.15) is 0 Å². The molecule has 206 valence electrons. The Labute approximate surface area is 222 Å². The third-order valence-electron chi connectivity index (χ3n) is 5.71. The van der Waals surface area contributed by atoms with Gasteiger partial charge in [0.2, 0.25) is 0 Å². The van der Waals surface area contributed by atoms with Crippen LogP contribution in [0, 0.1) is 17.2 Å². The van der Waals surface area contributed by atoms with Crippen molar-refractivity contribution >= 4 is 17.8 Å². The molecule has 0 radical (unpaired) electrons. The molecule has 0 spiro atoms. The number of furan rings is 1. The number of hydrogen-bond donors (Lipinski definition) is 4. The van der Waals surface area contributed by atoms with Gasteiger partial charge in [0.15, 0.2) is 17.3 Å². The van der Waals surface area contributed by atoms with Gasteiger partial charge in [-0.05, 0) is 55.1 Å². The molecule has 1 atom stereocenters. The number of methoxy groups -OCH3 is 2. The minimum Gasteiger partial charge on any atom is -0.493 e. The van der Waals surface area contributed by atoms with Crippen LogP contribution in [-0.2, 0) is 15.0 Å². The molecule has 0 bridgehead atoms. The third-order valence-corrected chi connectivity index (χ3v) is 5.71. The van der Waals surface area contributed by atoms with Crippen LogP contribution in [-0.4, -0.2) is 61.9 Å². The largest absolute Gasteiger partial charge is 0.493 e. The number of carbonyl (C=O) groups excluding carboxylic acids is 1. The molecule has 1 aromatic heterocycles. The molecule has 0 aliphatic carbocycles. The molecule has 2 aromatic rings. The monoisotopic (exact) mass is 529 g/mol. The highest BCUT2D eigenvalue weighted by molar-refractivity contribution is 5.91. The van der Waals surface area contributed by atoms with Crippen molar-refractivity contribution in [2.75, 3.05) is 33.9 Å². The summed E-state index contributed by atoms with van der Waals surface area (Å²) in [5.41, 5.74) is 0.317. The fraction of sp³-hybridized carbons (Fsp3) is 0.407. The Morgan fingerprint density at radius 2 is 1.71 bits per heavy atom. The van der Waals surface area contributed by atoms with Crippen LogP contribution in [0.5, 0.6) is 11.5 Å². The van der Waals surface area contributed by atoms with Gasteiger partial charge in [-0.25, -0.2) is 9.59 Å². The highest BCUT2D eigenvalue weighted by Crippen LogP contribution is 2.40. The molecule has 38 heavy (non-hydrogen) atoms. The molecule has 2 rings (SSSR count). The van der Waals surface area contributed by atoms with Crippen LogP contribution in [0.15, 0.2) is 53.2 Å². The Morgan fingerprint density at radius 3 is 2.21 bits per heavy atom. The molecule has 1 heterocycles. The first-order valence-corrected chi connectivity index (χ1v) is 11.9. The zero-order valence-electron chi connectivity index (χ0n) is 22.0. The lowest BCUT2D eigenvalue weighted by molar-refractivity contribution is -0.134. The number of rotatable bonds is 14. The number of amides is 1. The van der Waals surface area contributed by atoms with Crippen LogP contribution >= 0.6 is 0 Å². The maximum absolute atomic E-state index is 11.8. The first-order chi connectivity index (χ1) is 18.1. The van der Waals surface area contributed by atoms with E-state index in [0.29, 0.717) is 48.9 Å². The summed E-state index contributed by atoms with van der Waals surface area (Å²) in [6.07, 6.45) is 4.13. The van der Waals surface area contributed by atoms with E-state index in [1.54, 1.807) is 26.4 Å². The molecule has 0 aliphatic rings. The molecule has 1 unspecified atom stereocenters. The van der Waals surface area contributed by atoms with Crippen molar-refractivity contribution in [3.8, 4) is 17.6 Å². The van der Waals surface area contributed by atoms with E-state index in [4.69, 9.17) is 24.1 Å². The van der Waals surface area contributed by atoms with Gasteiger partial charge in [0, 0.05) is 25.2 Å². The number of aliphatic carboxylic acids is 2. The minimum absolute atomic E-state index is 0.133. The number of nitrogens with zero attached hydrogens (tertiary/aromatic N) is 1. The van der Waals surface area contributed by atoms with Gasteiger partial charge < -0.3 is 34.7 Å². The van der Waals surface area contributed by atoms with E-state index in [1.165, 1.54) is 6.26 Å². The van der Waals surface area contributed by atoms with E-state index >= 15 is 0 Å². The van der Waals surface area contributed by atoms with Gasteiger partial charge in [-0.15, -0.1) is 0 Å². The first-order valence-electron chi connectivity index (χ1n) is 11.9. The smallest absolute Gasteiger partial charge is 0.328 e. The van der Waals surface area contributed by atoms with Crippen molar-refractivity contribution in [1.82, 2.24) is 10.6 Å². The zero-order chi connectivity index (χ0) is 28.6. The lowest BCUT2D eigenvalue weighted by atomic mass is 9.70. The lowest BCUT2D eigenvalue weighted by Crippen LogP contribution is -2.34. The van der Waals surface area contributed by atoms with Gasteiger partial charge in [-0.2, -0.15) is 5.26 Å². The number of nitriles is 1. The average Bonchev–Trinajstić information content (AvgIpc) is 3.44. The zero-order valence-corrected chi connectivity index (χ0v) is 22.0. The van der Waals surface area contributed by atoms with E-state index in [2.05, 4.69) is 30.6 Å². The molecule has 0 saturated carbocycles. The van der Waals surface area contributed by atoms with Crippen LogP contribution in [0.3, 0.4) is 0 Å². The maximum atomic E-state index is 11.8. The number of nitrogens with one attached hydrogen (secondary N) is 2. The fourth-order valence-electron chi connectivity index (χ4n) is 3.65. The van der Waals surface area contributed by atoms with E-state index in [1.807, 2.05) is 18.2 Å². The number of carboxylic acids is 2. The molecule has 1 aromatic carbocycles. The second-order valence-corrected chi connectivity index (χ2v) is 8.40. The molecule has 1 amide bonds. The normalized spacial score (nSPS) is 12.1. The number of carboxylic acid groups (broad SMARTS) is 2. The molecule has 0 fully saturated rings. The Kier molecular flexibility index (Phi) is 13.7. The maximum Gasteiger partial charge on any atom is 0.328 e. The molecule has 0 saturated heterocycles. The van der Waals surface area contributed by atoms with Crippen LogP contribution in [0.25, 0.3) is 0 Å². The SMILES string of the molecule is COc1ccc(C(C#N)(CCCNCCNC(=O)c2ccco2)C(C)C)cc1OC.O=C(O)/C=C/C(=O)O. The highest BCUT2D eigenvalue weighted by atomic mass is 16.5. The lowest BCUT2D eigenvalue weighted by Gasteiger charge is -2.32. The van der Waals surface area contributed by atoms with Gasteiger partial charge in [0.05, 0.1) is 32.0 Å². The summed E-state index contributed by atoms with van der Waals surface area (Å²) >= 11 is 0. The molecule has 11 nitrogen and oxygen atoms in total. The number of hydrogen-bond acceptors (Lipinski definition) is 8. The summed E-state index contributed by atoms with van der Waals surface area (Å²) < 4.78 is 15.8. The molecule has 0 aliphatic heterocycles. The summed E-state index contributed by atoms with van der Waals surface area (Å²) in [6.45, 7) is 6.03. The van der Waals surface area contributed by atoms with Crippen LogP contribution in [0.2, 0.25) is 0 Å². The second-order valence-electron chi connectivity index (χ2n) is 8.40. The highest BCUT2D eigenvalue weighted by Gasteiger charge is 2.36. The summed E-state index contributed by atoms with van der Waals surface area (Å²) in [6, 6.07) is 11.6. The molecule has 11 heteroatoms. The Balaban J connectivity index is 0.000000781. The average molecular weight is 530 g/mol. The summed E-state index contributed by atoms with van der Waals surface area (Å²) in [7, 11) is 3.19. The summed E-state index contributed by atoms with van der Waals surface area (Å²) in [5.74, 6) is -1.02. The first kappa shape index (κ1) is 31.7. The van der Waals surface area contributed by atoms with Crippen molar-refractivity contribution in [1.29, 1.82) is 5.26 Å². The number of carbonyl (C=O) groups is 3. The van der Waals surface area contributed by atoms with Crippen molar-refractivity contribution < 1.29 is 38.5 Å². The van der Waals surface area contributed by atoms with Gasteiger partial charge in [-0.1, -0.05) is 19.9 Å². The van der Waals surface area contributed by atoms with E-state index < -0.39 is 17.4 Å². The van der Waals surface area contributed by atoms with Crippen molar-refractivity contribution in [3.63, 3.8) is 0 Å². The van der Waals surface area contributed by atoms with Gasteiger partial charge in [-0.3, -0.25) is 4.79 Å². The van der Waals surface area contributed by atoms with E-state index in [9.17, 15) is 19.6 Å². The second kappa shape index (κ2) is 16.4. The quantitative estimate of drug-likeness (QED) is 0.210.